The number of carbonyl (C=O) groups excluding carboxylic acids is 1. The van der Waals surface area contributed by atoms with Gasteiger partial charge in [0.05, 0.1) is 24.0 Å². The van der Waals surface area contributed by atoms with E-state index in [2.05, 4.69) is 10.1 Å². The fraction of sp³-hybridized carbons (Fsp3) is 0.250. The van der Waals surface area contributed by atoms with Crippen molar-refractivity contribution in [2.75, 3.05) is 6.61 Å². The Morgan fingerprint density at radius 2 is 1.88 bits per heavy atom. The maximum Gasteiger partial charge on any atom is 0.335 e. The molecule has 0 fully saturated rings. The number of nitrogens with one attached hydrogen (secondary N) is 1. The summed E-state index contributed by atoms with van der Waals surface area (Å²) in [4.78, 5) is 40.0. The molecule has 0 bridgehead atoms. The van der Waals surface area contributed by atoms with Crippen molar-refractivity contribution in [1.29, 1.82) is 0 Å². The number of aromatic amines is 1. The van der Waals surface area contributed by atoms with Gasteiger partial charge in [-0.3, -0.25) is 14.6 Å². The van der Waals surface area contributed by atoms with Crippen molar-refractivity contribution in [2.24, 2.45) is 5.10 Å². The van der Waals surface area contributed by atoms with E-state index >= 15 is 0 Å². The first kappa shape index (κ1) is 22.1. The van der Waals surface area contributed by atoms with Gasteiger partial charge in [-0.05, 0) is 31.5 Å². The molecule has 0 saturated carbocycles. The first-order valence-corrected chi connectivity index (χ1v) is 10.6. The molecule has 2 aromatic carbocycles. The Hall–Kier alpha value is -4.14. The number of amides is 1. The number of H-pyrrole nitrogens is 1. The average molecular weight is 448 g/mol. The molecule has 4 rings (SSSR count). The lowest BCUT2D eigenvalue weighted by Gasteiger charge is -2.22. The second-order valence-electron chi connectivity index (χ2n) is 7.68. The van der Waals surface area contributed by atoms with Crippen LogP contribution in [0.3, 0.4) is 0 Å². The Labute approximate surface area is 189 Å². The van der Waals surface area contributed by atoms with E-state index in [0.717, 1.165) is 15.7 Å². The van der Waals surface area contributed by atoms with Gasteiger partial charge >= 0.3 is 5.69 Å². The standard InChI is InChI=1S/C24H24N4O5/c1-4-33-20-12-8-6-10-16(20)19-13-17(26-28(19)15(3)29)21-22(30)25-24(32)27(23(21)31)18-11-7-5-9-14(18)2/h5-12,19,31H,4,13H2,1-3H3,(H,25,30,32). The predicted octanol–water partition coefficient (Wildman–Crippen LogP) is 2.64. The van der Waals surface area contributed by atoms with Gasteiger partial charge in [-0.1, -0.05) is 36.4 Å². The summed E-state index contributed by atoms with van der Waals surface area (Å²) in [6, 6.07) is 13.8. The summed E-state index contributed by atoms with van der Waals surface area (Å²) in [6.45, 7) is 5.47. The maximum atomic E-state index is 12.8. The largest absolute Gasteiger partial charge is 0.494 e. The van der Waals surface area contributed by atoms with Gasteiger partial charge in [-0.25, -0.2) is 14.4 Å². The minimum atomic E-state index is -0.775. The molecule has 170 valence electrons. The summed E-state index contributed by atoms with van der Waals surface area (Å²) >= 11 is 0. The molecule has 0 spiro atoms. The third kappa shape index (κ3) is 3.93. The van der Waals surface area contributed by atoms with E-state index in [1.807, 2.05) is 25.1 Å². The van der Waals surface area contributed by atoms with E-state index in [1.54, 1.807) is 37.3 Å². The van der Waals surface area contributed by atoms with E-state index in [9.17, 15) is 19.5 Å². The average Bonchev–Trinajstić information content (AvgIpc) is 3.20. The van der Waals surface area contributed by atoms with Gasteiger partial charge in [-0.2, -0.15) is 5.10 Å². The lowest BCUT2D eigenvalue weighted by atomic mass is 9.98. The lowest BCUT2D eigenvalue weighted by Crippen LogP contribution is -2.33. The van der Waals surface area contributed by atoms with Crippen molar-refractivity contribution in [1.82, 2.24) is 14.6 Å². The second-order valence-corrected chi connectivity index (χ2v) is 7.68. The summed E-state index contributed by atoms with van der Waals surface area (Å²) in [6.07, 6.45) is 0.159. The summed E-state index contributed by atoms with van der Waals surface area (Å²) < 4.78 is 6.76. The van der Waals surface area contributed by atoms with Crippen LogP contribution in [0.1, 0.15) is 43.0 Å². The molecule has 1 aromatic heterocycles. The van der Waals surface area contributed by atoms with E-state index in [4.69, 9.17) is 4.74 Å². The van der Waals surface area contributed by atoms with Crippen LogP contribution in [0.25, 0.3) is 5.69 Å². The summed E-state index contributed by atoms with van der Waals surface area (Å²) in [7, 11) is 0. The first-order chi connectivity index (χ1) is 15.8. The Balaban J connectivity index is 1.85. The molecule has 1 aliphatic rings. The Morgan fingerprint density at radius 1 is 1.18 bits per heavy atom. The number of para-hydroxylation sites is 2. The molecule has 2 N–H and O–H groups in total. The predicted molar refractivity (Wildman–Crippen MR) is 123 cm³/mol. The molecule has 1 aliphatic heterocycles. The molecule has 2 heterocycles. The smallest absolute Gasteiger partial charge is 0.335 e. The third-order valence-electron chi connectivity index (χ3n) is 5.54. The van der Waals surface area contributed by atoms with Crippen LogP contribution in [-0.4, -0.2) is 37.9 Å². The first-order valence-electron chi connectivity index (χ1n) is 10.6. The van der Waals surface area contributed by atoms with E-state index in [1.165, 1.54) is 11.9 Å². The summed E-state index contributed by atoms with van der Waals surface area (Å²) in [5.74, 6) is -0.251. The van der Waals surface area contributed by atoms with Crippen molar-refractivity contribution in [2.45, 2.75) is 33.2 Å². The maximum absolute atomic E-state index is 12.8. The van der Waals surface area contributed by atoms with Gasteiger partial charge in [0.1, 0.15) is 11.3 Å². The van der Waals surface area contributed by atoms with Gasteiger partial charge in [-0.15, -0.1) is 0 Å². The van der Waals surface area contributed by atoms with Gasteiger partial charge in [0.25, 0.3) is 5.56 Å². The van der Waals surface area contributed by atoms with Crippen LogP contribution in [0.5, 0.6) is 11.6 Å². The van der Waals surface area contributed by atoms with Crippen molar-refractivity contribution >= 4 is 11.6 Å². The number of hydrogen-bond acceptors (Lipinski definition) is 6. The molecule has 9 heteroatoms. The van der Waals surface area contributed by atoms with Gasteiger partial charge in [0, 0.05) is 18.9 Å². The minimum absolute atomic E-state index is 0.152. The van der Waals surface area contributed by atoms with Crippen LogP contribution in [0.2, 0.25) is 0 Å². The van der Waals surface area contributed by atoms with Crippen molar-refractivity contribution in [3.05, 3.63) is 86.1 Å². The number of aromatic hydroxyl groups is 1. The number of carbonyl (C=O) groups is 1. The van der Waals surface area contributed by atoms with Crippen LogP contribution in [0.15, 0.2) is 63.2 Å². The molecule has 1 atom stereocenters. The molecular formula is C24H24N4O5. The second kappa shape index (κ2) is 8.78. The normalized spacial score (nSPS) is 15.4. The Bertz CT molecular complexity index is 1370. The lowest BCUT2D eigenvalue weighted by molar-refractivity contribution is -0.130. The molecule has 9 nitrogen and oxygen atoms in total. The third-order valence-corrected chi connectivity index (χ3v) is 5.54. The van der Waals surface area contributed by atoms with E-state index < -0.39 is 23.2 Å². The molecule has 0 saturated heterocycles. The SMILES string of the molecule is CCOc1ccccc1C1CC(c2c(O)n(-c3ccccc3C)c(=O)[nH]c2=O)=NN1C(C)=O. The quantitative estimate of drug-likeness (QED) is 0.622. The highest BCUT2D eigenvalue weighted by Gasteiger charge is 2.36. The number of rotatable bonds is 5. The highest BCUT2D eigenvalue weighted by atomic mass is 16.5. The molecule has 3 aromatic rings. The molecule has 1 amide bonds. The molecule has 0 radical (unpaired) electrons. The van der Waals surface area contributed by atoms with Crippen LogP contribution in [-0.2, 0) is 4.79 Å². The van der Waals surface area contributed by atoms with E-state index in [-0.39, 0.29) is 23.6 Å². The summed E-state index contributed by atoms with van der Waals surface area (Å²) in [5.41, 5.74) is 0.395. The van der Waals surface area contributed by atoms with Crippen LogP contribution >= 0.6 is 0 Å². The number of hydrazone groups is 1. The summed E-state index contributed by atoms with van der Waals surface area (Å²) in [5, 5.41) is 16.7. The molecular weight excluding hydrogens is 424 g/mol. The zero-order valence-corrected chi connectivity index (χ0v) is 18.5. The van der Waals surface area contributed by atoms with E-state index in [0.29, 0.717) is 18.0 Å². The highest BCUT2D eigenvalue weighted by molar-refractivity contribution is 6.04. The van der Waals surface area contributed by atoms with Gasteiger partial charge < -0.3 is 9.84 Å². The molecule has 0 aliphatic carbocycles. The Morgan fingerprint density at radius 3 is 2.58 bits per heavy atom. The number of aryl methyl sites for hydroxylation is 1. The number of benzene rings is 2. The molecule has 33 heavy (non-hydrogen) atoms. The number of hydrogen-bond donors (Lipinski definition) is 2. The van der Waals surface area contributed by atoms with Gasteiger partial charge in [0.15, 0.2) is 0 Å². The topological polar surface area (TPSA) is 117 Å². The Kier molecular flexibility index (Phi) is 5.87. The number of aromatic nitrogens is 2. The van der Waals surface area contributed by atoms with Crippen molar-refractivity contribution in [3.63, 3.8) is 0 Å². The highest BCUT2D eigenvalue weighted by Crippen LogP contribution is 2.38. The van der Waals surface area contributed by atoms with Crippen LogP contribution in [0, 0.1) is 6.92 Å². The van der Waals surface area contributed by atoms with Crippen molar-refractivity contribution in [3.8, 4) is 17.3 Å². The fourth-order valence-electron chi connectivity index (χ4n) is 4.06. The molecule has 1 unspecified atom stereocenters. The fourth-order valence-corrected chi connectivity index (χ4v) is 4.06. The monoisotopic (exact) mass is 448 g/mol. The van der Waals surface area contributed by atoms with Crippen LogP contribution < -0.4 is 16.0 Å². The van der Waals surface area contributed by atoms with Crippen molar-refractivity contribution < 1.29 is 14.6 Å². The zero-order valence-electron chi connectivity index (χ0n) is 18.5. The number of ether oxygens (including phenoxy) is 1. The minimum Gasteiger partial charge on any atom is -0.494 e. The zero-order chi connectivity index (χ0) is 23.7. The van der Waals surface area contributed by atoms with Gasteiger partial charge in [0.2, 0.25) is 11.8 Å². The number of nitrogens with zero attached hydrogens (tertiary/aromatic N) is 3. The van der Waals surface area contributed by atoms with Crippen LogP contribution in [0.4, 0.5) is 0 Å².